The third-order valence-corrected chi connectivity index (χ3v) is 7.02. The van der Waals surface area contributed by atoms with Crippen LogP contribution in [-0.4, -0.2) is 35.4 Å². The number of halogens is 2. The highest BCUT2D eigenvalue weighted by Crippen LogP contribution is 2.24. The highest BCUT2D eigenvalue weighted by molar-refractivity contribution is 6.32. The molecule has 1 aliphatic carbocycles. The maximum Gasteiger partial charge on any atom is 0.261 e. The topological polar surface area (TPSA) is 58.6 Å². The molecule has 3 aromatic carbocycles. The molecule has 0 radical (unpaired) electrons. The second-order valence-corrected chi connectivity index (χ2v) is 9.79. The molecule has 37 heavy (non-hydrogen) atoms. The summed E-state index contributed by atoms with van der Waals surface area (Å²) < 4.78 is 20.4. The molecule has 2 amide bonds. The van der Waals surface area contributed by atoms with Crippen LogP contribution >= 0.6 is 11.6 Å². The molecule has 1 atom stereocenters. The van der Waals surface area contributed by atoms with Crippen molar-refractivity contribution in [3.63, 3.8) is 0 Å². The number of amides is 2. The number of nitrogens with one attached hydrogen (secondary N) is 1. The Bertz CT molecular complexity index is 1180. The van der Waals surface area contributed by atoms with E-state index in [1.165, 1.54) is 11.0 Å². The van der Waals surface area contributed by atoms with Gasteiger partial charge in [0.05, 0.1) is 5.02 Å². The number of carbonyl (C=O) groups is 2. The molecule has 7 heteroatoms. The van der Waals surface area contributed by atoms with E-state index in [2.05, 4.69) is 5.32 Å². The first-order valence-electron chi connectivity index (χ1n) is 12.8. The molecule has 1 fully saturated rings. The van der Waals surface area contributed by atoms with Crippen molar-refractivity contribution >= 4 is 23.4 Å². The summed E-state index contributed by atoms with van der Waals surface area (Å²) in [5, 5.41) is 3.55. The van der Waals surface area contributed by atoms with Crippen LogP contribution in [-0.2, 0) is 22.6 Å². The molecule has 0 spiro atoms. The summed E-state index contributed by atoms with van der Waals surface area (Å²) in [4.78, 5) is 28.8. The highest BCUT2D eigenvalue weighted by Gasteiger charge is 2.32. The van der Waals surface area contributed by atoms with Crippen LogP contribution in [0.2, 0.25) is 5.02 Å². The molecule has 0 saturated heterocycles. The summed E-state index contributed by atoms with van der Waals surface area (Å²) in [6.07, 6.45) is 5.43. The number of hydrogen-bond donors (Lipinski definition) is 1. The zero-order chi connectivity index (χ0) is 26.0. The number of hydrogen-bond acceptors (Lipinski definition) is 3. The number of ether oxygens (including phenoxy) is 1. The van der Waals surface area contributed by atoms with E-state index >= 15 is 0 Å². The van der Waals surface area contributed by atoms with Crippen molar-refractivity contribution in [3.8, 4) is 5.75 Å². The van der Waals surface area contributed by atoms with Crippen molar-refractivity contribution in [1.82, 2.24) is 10.2 Å². The number of carbonyl (C=O) groups excluding carboxylic acids is 2. The van der Waals surface area contributed by atoms with Crippen molar-refractivity contribution in [2.45, 2.75) is 57.2 Å². The van der Waals surface area contributed by atoms with Crippen molar-refractivity contribution in [1.29, 1.82) is 0 Å². The van der Waals surface area contributed by atoms with E-state index in [1.807, 2.05) is 30.3 Å². The van der Waals surface area contributed by atoms with E-state index in [-0.39, 0.29) is 25.1 Å². The zero-order valence-electron chi connectivity index (χ0n) is 20.7. The first-order chi connectivity index (χ1) is 18.0. The second kappa shape index (κ2) is 13.2. The van der Waals surface area contributed by atoms with Gasteiger partial charge in [-0.3, -0.25) is 9.59 Å². The van der Waals surface area contributed by atoms with Gasteiger partial charge in [0.1, 0.15) is 17.6 Å². The van der Waals surface area contributed by atoms with Gasteiger partial charge in [0.25, 0.3) is 5.91 Å². The maximum atomic E-state index is 14.7. The van der Waals surface area contributed by atoms with Gasteiger partial charge < -0.3 is 15.0 Å². The Labute approximate surface area is 222 Å². The van der Waals surface area contributed by atoms with E-state index in [0.717, 1.165) is 37.7 Å². The van der Waals surface area contributed by atoms with Crippen LogP contribution in [0.5, 0.6) is 5.75 Å². The lowest BCUT2D eigenvalue weighted by atomic mass is 9.94. The van der Waals surface area contributed by atoms with E-state index in [1.54, 1.807) is 42.5 Å². The number of rotatable bonds is 10. The Balaban J connectivity index is 1.62. The third kappa shape index (κ3) is 7.56. The average Bonchev–Trinajstić information content (AvgIpc) is 2.92. The summed E-state index contributed by atoms with van der Waals surface area (Å²) in [5.74, 6) is -0.728. The Morgan fingerprint density at radius 1 is 0.946 bits per heavy atom. The van der Waals surface area contributed by atoms with Crippen LogP contribution in [0, 0.1) is 5.82 Å². The number of para-hydroxylation sites is 1. The largest absolute Gasteiger partial charge is 0.482 e. The minimum Gasteiger partial charge on any atom is -0.482 e. The van der Waals surface area contributed by atoms with Crippen LogP contribution in [0.15, 0.2) is 78.9 Å². The zero-order valence-corrected chi connectivity index (χ0v) is 21.5. The van der Waals surface area contributed by atoms with Gasteiger partial charge in [0, 0.05) is 24.6 Å². The Morgan fingerprint density at radius 2 is 1.62 bits per heavy atom. The molecule has 1 saturated carbocycles. The van der Waals surface area contributed by atoms with Crippen LogP contribution in [0.3, 0.4) is 0 Å². The Hall–Kier alpha value is -3.38. The molecule has 0 heterocycles. The normalized spacial score (nSPS) is 14.5. The lowest BCUT2D eigenvalue weighted by Gasteiger charge is -2.33. The minimum absolute atomic E-state index is 0.0625. The predicted molar refractivity (Wildman–Crippen MR) is 143 cm³/mol. The summed E-state index contributed by atoms with van der Waals surface area (Å²) in [5.41, 5.74) is 1.24. The molecular formula is C30H32ClFN2O3. The van der Waals surface area contributed by atoms with E-state index in [0.29, 0.717) is 22.8 Å². The molecule has 1 unspecified atom stereocenters. The predicted octanol–water partition coefficient (Wildman–Crippen LogP) is 5.95. The summed E-state index contributed by atoms with van der Waals surface area (Å²) in [6.45, 7) is -0.396. The van der Waals surface area contributed by atoms with Crippen molar-refractivity contribution in [2.24, 2.45) is 0 Å². The van der Waals surface area contributed by atoms with Gasteiger partial charge in [0.2, 0.25) is 5.91 Å². The molecule has 3 aromatic rings. The van der Waals surface area contributed by atoms with Crippen LogP contribution in [0.4, 0.5) is 4.39 Å². The summed E-state index contributed by atoms with van der Waals surface area (Å²) >= 11 is 6.20. The quantitative estimate of drug-likeness (QED) is 0.358. The summed E-state index contributed by atoms with van der Waals surface area (Å²) in [7, 11) is 0. The number of benzene rings is 3. The van der Waals surface area contributed by atoms with E-state index in [9.17, 15) is 14.0 Å². The van der Waals surface area contributed by atoms with Crippen LogP contribution < -0.4 is 10.1 Å². The Kier molecular flexibility index (Phi) is 9.55. The molecule has 4 rings (SSSR count). The highest BCUT2D eigenvalue weighted by atomic mass is 35.5. The van der Waals surface area contributed by atoms with Gasteiger partial charge >= 0.3 is 0 Å². The van der Waals surface area contributed by atoms with Crippen LogP contribution in [0.25, 0.3) is 0 Å². The van der Waals surface area contributed by atoms with Gasteiger partial charge in [-0.2, -0.15) is 0 Å². The minimum atomic E-state index is -0.841. The van der Waals surface area contributed by atoms with Crippen LogP contribution in [0.1, 0.15) is 43.2 Å². The molecule has 1 N–H and O–H groups in total. The van der Waals surface area contributed by atoms with Crippen molar-refractivity contribution < 1.29 is 18.7 Å². The lowest BCUT2D eigenvalue weighted by molar-refractivity contribution is -0.143. The molecule has 1 aliphatic rings. The fourth-order valence-corrected chi connectivity index (χ4v) is 4.88. The van der Waals surface area contributed by atoms with Gasteiger partial charge in [-0.1, -0.05) is 91.5 Å². The molecular weight excluding hydrogens is 491 g/mol. The third-order valence-electron chi connectivity index (χ3n) is 6.71. The van der Waals surface area contributed by atoms with E-state index in [4.69, 9.17) is 16.3 Å². The maximum absolute atomic E-state index is 14.7. The molecule has 0 bridgehead atoms. The van der Waals surface area contributed by atoms with Gasteiger partial charge in [-0.25, -0.2) is 4.39 Å². The molecule has 194 valence electrons. The van der Waals surface area contributed by atoms with Gasteiger partial charge in [-0.15, -0.1) is 0 Å². The first kappa shape index (κ1) is 26.7. The smallest absolute Gasteiger partial charge is 0.261 e. The number of nitrogens with zero attached hydrogens (tertiary/aromatic N) is 1. The lowest BCUT2D eigenvalue weighted by Crippen LogP contribution is -2.53. The molecule has 0 aromatic heterocycles. The molecule has 0 aliphatic heterocycles. The average molecular weight is 523 g/mol. The van der Waals surface area contributed by atoms with Crippen molar-refractivity contribution in [3.05, 3.63) is 101 Å². The van der Waals surface area contributed by atoms with Gasteiger partial charge in [-0.05, 0) is 36.6 Å². The van der Waals surface area contributed by atoms with Crippen molar-refractivity contribution in [2.75, 3.05) is 6.61 Å². The summed E-state index contributed by atoms with van der Waals surface area (Å²) in [6, 6.07) is 22.0. The molecule has 5 nitrogen and oxygen atoms in total. The van der Waals surface area contributed by atoms with Gasteiger partial charge in [0.15, 0.2) is 6.61 Å². The fraction of sp³-hybridized carbons (Fsp3) is 0.333. The monoisotopic (exact) mass is 522 g/mol. The standard InChI is InChI=1S/C30H32ClFN2O3/c31-25-16-8-10-18-28(25)37-21-29(35)34(20-23-13-7-9-17-26(23)32)27(19-22-11-3-1-4-12-22)30(36)33-24-14-5-2-6-15-24/h1,3-4,7-13,16-18,24,27H,2,5-6,14-15,19-21H2,(H,33,36). The second-order valence-electron chi connectivity index (χ2n) is 9.38. The first-order valence-corrected chi connectivity index (χ1v) is 13.1. The Morgan fingerprint density at radius 3 is 2.35 bits per heavy atom. The van der Waals surface area contributed by atoms with E-state index < -0.39 is 17.8 Å². The SMILES string of the molecule is O=C(NC1CCCCC1)C(Cc1ccccc1)N(Cc1ccccc1F)C(=O)COc1ccccc1Cl. The fourth-order valence-electron chi connectivity index (χ4n) is 4.69.